The van der Waals surface area contributed by atoms with Crippen molar-refractivity contribution in [2.75, 3.05) is 38.3 Å². The van der Waals surface area contributed by atoms with Crippen molar-refractivity contribution in [1.82, 2.24) is 10.3 Å². The van der Waals surface area contributed by atoms with Gasteiger partial charge in [0.15, 0.2) is 5.13 Å². The monoisotopic (exact) mass is 375 g/mol. The molecule has 4 rings (SSSR count). The molecule has 3 heterocycles. The van der Waals surface area contributed by atoms with Gasteiger partial charge in [0, 0.05) is 38.4 Å². The fourth-order valence-corrected chi connectivity index (χ4v) is 4.66. The molecule has 6 nitrogen and oxygen atoms in total. The van der Waals surface area contributed by atoms with Crippen LogP contribution in [0, 0.1) is 5.92 Å². The summed E-state index contributed by atoms with van der Waals surface area (Å²) in [6, 6.07) is 6.25. The van der Waals surface area contributed by atoms with Crippen LogP contribution >= 0.6 is 11.3 Å². The summed E-state index contributed by atoms with van der Waals surface area (Å²) in [7, 11) is 1.67. The van der Waals surface area contributed by atoms with Gasteiger partial charge in [0.2, 0.25) is 5.91 Å². The van der Waals surface area contributed by atoms with Gasteiger partial charge in [-0.1, -0.05) is 11.3 Å². The normalized spacial score (nSPS) is 21.7. The maximum atomic E-state index is 12.7. The predicted molar refractivity (Wildman–Crippen MR) is 103 cm³/mol. The van der Waals surface area contributed by atoms with E-state index in [1.165, 1.54) is 0 Å². The highest BCUT2D eigenvalue weighted by molar-refractivity contribution is 7.22. The Hall–Kier alpha value is -1.86. The first-order chi connectivity index (χ1) is 12.7. The van der Waals surface area contributed by atoms with Gasteiger partial charge in [-0.05, 0) is 37.8 Å². The number of piperidine rings is 1. The van der Waals surface area contributed by atoms with Crippen LogP contribution < -0.4 is 15.0 Å². The van der Waals surface area contributed by atoms with E-state index in [0.717, 1.165) is 73.1 Å². The number of methoxy groups -OCH3 is 1. The molecule has 1 aromatic carbocycles. The zero-order chi connectivity index (χ0) is 17.9. The maximum Gasteiger partial charge on any atom is 0.225 e. The second-order valence-corrected chi connectivity index (χ2v) is 8.02. The van der Waals surface area contributed by atoms with Crippen molar-refractivity contribution in [2.24, 2.45) is 5.92 Å². The SMILES string of the molecule is COc1ccc2sc(N3CCCC(C(=O)NC4CCOCC4)C3)nc2c1. The second-order valence-electron chi connectivity index (χ2n) is 7.01. The number of carbonyl (C=O) groups is 1. The number of nitrogens with one attached hydrogen (secondary N) is 1. The number of hydrogen-bond donors (Lipinski definition) is 1. The van der Waals surface area contributed by atoms with Crippen molar-refractivity contribution in [3.8, 4) is 5.75 Å². The lowest BCUT2D eigenvalue weighted by molar-refractivity contribution is -0.126. The Morgan fingerprint density at radius 1 is 1.35 bits per heavy atom. The van der Waals surface area contributed by atoms with E-state index in [0.29, 0.717) is 0 Å². The number of fused-ring (bicyclic) bond motifs is 1. The molecule has 1 aromatic heterocycles. The zero-order valence-corrected chi connectivity index (χ0v) is 15.9. The van der Waals surface area contributed by atoms with E-state index in [9.17, 15) is 4.79 Å². The lowest BCUT2D eigenvalue weighted by Gasteiger charge is -2.33. The van der Waals surface area contributed by atoms with Crippen LogP contribution in [0.25, 0.3) is 10.2 Å². The number of rotatable bonds is 4. The van der Waals surface area contributed by atoms with E-state index in [2.05, 4.69) is 16.3 Å². The Kier molecular flexibility index (Phi) is 5.26. The van der Waals surface area contributed by atoms with Crippen LogP contribution in [0.4, 0.5) is 5.13 Å². The maximum absolute atomic E-state index is 12.7. The standard InChI is InChI=1S/C19H25N3O3S/c1-24-15-4-5-17-16(11-15)21-19(26-17)22-8-2-3-13(12-22)18(23)20-14-6-9-25-10-7-14/h4-5,11,13-14H,2-3,6-10,12H2,1H3,(H,20,23). The van der Waals surface area contributed by atoms with Gasteiger partial charge in [0.25, 0.3) is 0 Å². The van der Waals surface area contributed by atoms with Crippen molar-refractivity contribution in [3.05, 3.63) is 18.2 Å². The average molecular weight is 375 g/mol. The Morgan fingerprint density at radius 3 is 3.00 bits per heavy atom. The molecule has 0 aliphatic carbocycles. The number of hydrogen-bond acceptors (Lipinski definition) is 6. The summed E-state index contributed by atoms with van der Waals surface area (Å²) >= 11 is 1.68. The van der Waals surface area contributed by atoms with E-state index in [1.54, 1.807) is 18.4 Å². The summed E-state index contributed by atoms with van der Waals surface area (Å²) in [5.74, 6) is 1.04. The van der Waals surface area contributed by atoms with Gasteiger partial charge in [-0.25, -0.2) is 4.98 Å². The molecule has 26 heavy (non-hydrogen) atoms. The molecule has 1 amide bonds. The lowest BCUT2D eigenvalue weighted by atomic mass is 9.96. The second kappa shape index (κ2) is 7.80. The van der Waals surface area contributed by atoms with Crippen LogP contribution in [0.3, 0.4) is 0 Å². The first kappa shape index (κ1) is 17.5. The summed E-state index contributed by atoms with van der Waals surface area (Å²) in [5, 5.41) is 4.22. The van der Waals surface area contributed by atoms with E-state index in [4.69, 9.17) is 14.5 Å². The van der Waals surface area contributed by atoms with E-state index < -0.39 is 0 Å². The molecule has 0 radical (unpaired) electrons. The molecule has 1 atom stereocenters. The number of amides is 1. The van der Waals surface area contributed by atoms with Crippen LogP contribution in [0.15, 0.2) is 18.2 Å². The van der Waals surface area contributed by atoms with E-state index >= 15 is 0 Å². The predicted octanol–water partition coefficient (Wildman–Crippen LogP) is 2.82. The van der Waals surface area contributed by atoms with Crippen molar-refractivity contribution in [1.29, 1.82) is 0 Å². The Morgan fingerprint density at radius 2 is 2.19 bits per heavy atom. The summed E-state index contributed by atoms with van der Waals surface area (Å²) in [6.07, 6.45) is 3.80. The molecular weight excluding hydrogens is 350 g/mol. The number of benzene rings is 1. The van der Waals surface area contributed by atoms with Crippen LogP contribution in [0.2, 0.25) is 0 Å². The van der Waals surface area contributed by atoms with Crippen molar-refractivity contribution in [3.63, 3.8) is 0 Å². The quantitative estimate of drug-likeness (QED) is 0.890. The minimum absolute atomic E-state index is 0.0353. The third kappa shape index (κ3) is 3.78. The molecule has 1 unspecified atom stereocenters. The molecule has 2 saturated heterocycles. The number of thiazole rings is 1. The largest absolute Gasteiger partial charge is 0.497 e. The first-order valence-electron chi connectivity index (χ1n) is 9.30. The lowest BCUT2D eigenvalue weighted by Crippen LogP contribution is -2.47. The summed E-state index contributed by atoms with van der Waals surface area (Å²) < 4.78 is 11.8. The van der Waals surface area contributed by atoms with Gasteiger partial charge in [-0.3, -0.25) is 4.79 Å². The molecule has 7 heteroatoms. The fraction of sp³-hybridized carbons (Fsp3) is 0.579. The summed E-state index contributed by atoms with van der Waals surface area (Å²) in [5.41, 5.74) is 0.957. The van der Waals surface area contributed by atoms with Crippen molar-refractivity contribution < 1.29 is 14.3 Å². The van der Waals surface area contributed by atoms with Gasteiger partial charge < -0.3 is 19.7 Å². The average Bonchev–Trinajstić information content (AvgIpc) is 3.12. The van der Waals surface area contributed by atoms with Crippen LogP contribution in [0.5, 0.6) is 5.75 Å². The van der Waals surface area contributed by atoms with Gasteiger partial charge in [-0.15, -0.1) is 0 Å². The molecule has 140 valence electrons. The molecular formula is C19H25N3O3S. The third-order valence-corrected chi connectivity index (χ3v) is 6.31. The highest BCUT2D eigenvalue weighted by Gasteiger charge is 2.29. The van der Waals surface area contributed by atoms with E-state index in [1.807, 2.05) is 12.1 Å². The summed E-state index contributed by atoms with van der Waals surface area (Å²) in [4.78, 5) is 19.7. The fourth-order valence-electron chi connectivity index (χ4n) is 3.68. The van der Waals surface area contributed by atoms with Crippen molar-refractivity contribution in [2.45, 2.75) is 31.7 Å². The van der Waals surface area contributed by atoms with Crippen LogP contribution in [-0.4, -0.2) is 50.3 Å². The number of aromatic nitrogens is 1. The highest BCUT2D eigenvalue weighted by Crippen LogP contribution is 2.33. The van der Waals surface area contributed by atoms with E-state index in [-0.39, 0.29) is 17.9 Å². The third-order valence-electron chi connectivity index (χ3n) is 5.21. The zero-order valence-electron chi connectivity index (χ0n) is 15.1. The van der Waals surface area contributed by atoms with Crippen LogP contribution in [-0.2, 0) is 9.53 Å². The first-order valence-corrected chi connectivity index (χ1v) is 10.1. The molecule has 0 bridgehead atoms. The van der Waals surface area contributed by atoms with Gasteiger partial charge in [0.1, 0.15) is 5.75 Å². The Bertz CT molecular complexity index is 772. The van der Waals surface area contributed by atoms with Gasteiger partial charge in [0.05, 0.1) is 23.2 Å². The number of nitrogens with zero attached hydrogens (tertiary/aromatic N) is 2. The molecule has 2 aliphatic heterocycles. The number of ether oxygens (including phenoxy) is 2. The minimum Gasteiger partial charge on any atom is -0.497 e. The van der Waals surface area contributed by atoms with Crippen LogP contribution in [0.1, 0.15) is 25.7 Å². The molecule has 0 spiro atoms. The Balaban J connectivity index is 1.43. The topological polar surface area (TPSA) is 63.7 Å². The number of carbonyl (C=O) groups excluding carboxylic acids is 1. The molecule has 2 fully saturated rings. The van der Waals surface area contributed by atoms with Gasteiger partial charge >= 0.3 is 0 Å². The van der Waals surface area contributed by atoms with Gasteiger partial charge in [-0.2, -0.15) is 0 Å². The van der Waals surface area contributed by atoms with Crippen molar-refractivity contribution >= 4 is 32.6 Å². The molecule has 0 saturated carbocycles. The minimum atomic E-state index is 0.0353. The molecule has 1 N–H and O–H groups in total. The smallest absolute Gasteiger partial charge is 0.225 e. The molecule has 2 aliphatic rings. The Labute approximate surface area is 157 Å². The highest BCUT2D eigenvalue weighted by atomic mass is 32.1. The summed E-state index contributed by atoms with van der Waals surface area (Å²) in [6.45, 7) is 3.19. The number of anilines is 1. The molecule has 2 aromatic rings.